The van der Waals surface area contributed by atoms with Gasteiger partial charge in [-0.25, -0.2) is 0 Å². The monoisotopic (exact) mass is 254 g/mol. The topological polar surface area (TPSA) is 42.0 Å². The minimum absolute atomic E-state index is 0.107. The number of nitrogens with zero attached hydrogens (tertiary/aromatic N) is 1. The number of benzene rings is 1. The standard InChI is InChI=1S/C16H18N2O/c1-12(2)10-13-5-7-14(8-6-13)16(19)18-15-4-3-9-17-11-15/h3-9,11-12H,10H2,1-2H3,(H,18,19). The van der Waals surface area contributed by atoms with Gasteiger partial charge in [-0.15, -0.1) is 0 Å². The van der Waals surface area contributed by atoms with Crippen LogP contribution in [0.2, 0.25) is 0 Å². The van der Waals surface area contributed by atoms with Gasteiger partial charge in [0.1, 0.15) is 0 Å². The molecule has 0 aliphatic carbocycles. The smallest absolute Gasteiger partial charge is 0.255 e. The number of pyridine rings is 1. The van der Waals surface area contributed by atoms with Gasteiger partial charge in [-0.2, -0.15) is 0 Å². The van der Waals surface area contributed by atoms with Gasteiger partial charge >= 0.3 is 0 Å². The maximum atomic E-state index is 12.0. The van der Waals surface area contributed by atoms with E-state index >= 15 is 0 Å². The van der Waals surface area contributed by atoms with Crippen LogP contribution in [-0.4, -0.2) is 10.9 Å². The summed E-state index contributed by atoms with van der Waals surface area (Å²) in [5.41, 5.74) is 2.63. The SMILES string of the molecule is CC(C)Cc1ccc(C(=O)Nc2cccnc2)cc1. The lowest BCUT2D eigenvalue weighted by atomic mass is 10.0. The van der Waals surface area contributed by atoms with Crippen LogP contribution in [0.5, 0.6) is 0 Å². The fourth-order valence-electron chi connectivity index (χ4n) is 1.90. The molecule has 0 fully saturated rings. The summed E-state index contributed by atoms with van der Waals surface area (Å²) >= 11 is 0. The van der Waals surface area contributed by atoms with E-state index in [1.807, 2.05) is 30.3 Å². The highest BCUT2D eigenvalue weighted by Gasteiger charge is 2.06. The molecule has 0 atom stereocenters. The summed E-state index contributed by atoms with van der Waals surface area (Å²) in [6, 6.07) is 11.4. The minimum atomic E-state index is -0.107. The van der Waals surface area contributed by atoms with E-state index in [-0.39, 0.29) is 5.91 Å². The van der Waals surface area contributed by atoms with Crippen molar-refractivity contribution >= 4 is 11.6 Å². The van der Waals surface area contributed by atoms with E-state index in [1.165, 1.54) is 5.56 Å². The maximum Gasteiger partial charge on any atom is 0.255 e. The van der Waals surface area contributed by atoms with E-state index < -0.39 is 0 Å². The van der Waals surface area contributed by atoms with Crippen molar-refractivity contribution in [2.24, 2.45) is 5.92 Å². The minimum Gasteiger partial charge on any atom is -0.321 e. The first-order valence-electron chi connectivity index (χ1n) is 6.45. The van der Waals surface area contributed by atoms with Crippen molar-refractivity contribution in [3.8, 4) is 0 Å². The fraction of sp³-hybridized carbons (Fsp3) is 0.250. The predicted octanol–water partition coefficient (Wildman–Crippen LogP) is 3.53. The summed E-state index contributed by atoms with van der Waals surface area (Å²) < 4.78 is 0. The molecular formula is C16H18N2O. The van der Waals surface area contributed by atoms with E-state index in [0.717, 1.165) is 6.42 Å². The molecule has 0 bridgehead atoms. The lowest BCUT2D eigenvalue weighted by Crippen LogP contribution is -2.12. The zero-order valence-electron chi connectivity index (χ0n) is 11.3. The Morgan fingerprint density at radius 1 is 1.21 bits per heavy atom. The molecule has 1 amide bonds. The quantitative estimate of drug-likeness (QED) is 0.906. The molecule has 3 nitrogen and oxygen atoms in total. The van der Waals surface area contributed by atoms with Crippen LogP contribution in [-0.2, 0) is 6.42 Å². The zero-order chi connectivity index (χ0) is 13.7. The molecule has 2 rings (SSSR count). The molecule has 1 N–H and O–H groups in total. The van der Waals surface area contributed by atoms with Crippen molar-refractivity contribution in [3.05, 3.63) is 59.9 Å². The summed E-state index contributed by atoms with van der Waals surface area (Å²) in [6.07, 6.45) is 4.34. The molecule has 0 radical (unpaired) electrons. The van der Waals surface area contributed by atoms with E-state index in [1.54, 1.807) is 18.5 Å². The molecule has 3 heteroatoms. The number of carbonyl (C=O) groups excluding carboxylic acids is 1. The molecule has 1 heterocycles. The van der Waals surface area contributed by atoms with Gasteiger partial charge in [0.05, 0.1) is 11.9 Å². The van der Waals surface area contributed by atoms with Gasteiger partial charge in [0.25, 0.3) is 5.91 Å². The van der Waals surface area contributed by atoms with Crippen molar-refractivity contribution in [2.75, 3.05) is 5.32 Å². The van der Waals surface area contributed by atoms with Crippen molar-refractivity contribution in [3.63, 3.8) is 0 Å². The summed E-state index contributed by atoms with van der Waals surface area (Å²) in [5, 5.41) is 2.82. The van der Waals surface area contributed by atoms with E-state index in [0.29, 0.717) is 17.2 Å². The highest BCUT2D eigenvalue weighted by molar-refractivity contribution is 6.04. The van der Waals surface area contributed by atoms with Crippen LogP contribution in [0.25, 0.3) is 0 Å². The van der Waals surface area contributed by atoms with Crippen LogP contribution in [0.15, 0.2) is 48.8 Å². The van der Waals surface area contributed by atoms with Gasteiger partial charge in [-0.05, 0) is 42.2 Å². The Morgan fingerprint density at radius 3 is 2.53 bits per heavy atom. The molecule has 1 aromatic heterocycles. The van der Waals surface area contributed by atoms with Crippen molar-refractivity contribution < 1.29 is 4.79 Å². The first-order chi connectivity index (χ1) is 9.15. The van der Waals surface area contributed by atoms with Gasteiger partial charge in [0.15, 0.2) is 0 Å². The average Bonchev–Trinajstić information content (AvgIpc) is 2.40. The first kappa shape index (κ1) is 13.3. The Morgan fingerprint density at radius 2 is 1.95 bits per heavy atom. The van der Waals surface area contributed by atoms with Crippen LogP contribution in [0.4, 0.5) is 5.69 Å². The number of anilines is 1. The third-order valence-corrected chi connectivity index (χ3v) is 2.78. The second-order valence-electron chi connectivity index (χ2n) is 4.99. The van der Waals surface area contributed by atoms with Gasteiger partial charge in [-0.3, -0.25) is 9.78 Å². The molecular weight excluding hydrogens is 236 g/mol. The van der Waals surface area contributed by atoms with Gasteiger partial charge in [0.2, 0.25) is 0 Å². The Kier molecular flexibility index (Phi) is 4.29. The highest BCUT2D eigenvalue weighted by atomic mass is 16.1. The molecule has 2 aromatic rings. The second kappa shape index (κ2) is 6.14. The second-order valence-corrected chi connectivity index (χ2v) is 4.99. The third kappa shape index (κ3) is 3.91. The van der Waals surface area contributed by atoms with Crippen LogP contribution in [0.3, 0.4) is 0 Å². The Balaban J connectivity index is 2.04. The maximum absolute atomic E-state index is 12.0. The molecule has 0 aliphatic heterocycles. The molecule has 0 spiro atoms. The van der Waals surface area contributed by atoms with Crippen molar-refractivity contribution in [1.29, 1.82) is 0 Å². The number of rotatable bonds is 4. The largest absolute Gasteiger partial charge is 0.321 e. The van der Waals surface area contributed by atoms with Crippen LogP contribution >= 0.6 is 0 Å². The molecule has 0 saturated carbocycles. The number of hydrogen-bond acceptors (Lipinski definition) is 2. The fourth-order valence-corrected chi connectivity index (χ4v) is 1.90. The van der Waals surface area contributed by atoms with Gasteiger partial charge < -0.3 is 5.32 Å². The summed E-state index contributed by atoms with van der Waals surface area (Å²) in [6.45, 7) is 4.37. The highest BCUT2D eigenvalue weighted by Crippen LogP contribution is 2.11. The number of amides is 1. The normalized spacial score (nSPS) is 10.5. The first-order valence-corrected chi connectivity index (χ1v) is 6.45. The number of hydrogen-bond donors (Lipinski definition) is 1. The average molecular weight is 254 g/mol. The molecule has 0 unspecified atom stereocenters. The molecule has 98 valence electrons. The van der Waals surface area contributed by atoms with Gasteiger partial charge in [0, 0.05) is 11.8 Å². The van der Waals surface area contributed by atoms with E-state index in [9.17, 15) is 4.79 Å². The summed E-state index contributed by atoms with van der Waals surface area (Å²) in [5.74, 6) is 0.513. The lowest BCUT2D eigenvalue weighted by molar-refractivity contribution is 0.102. The predicted molar refractivity (Wildman–Crippen MR) is 77.2 cm³/mol. The Labute approximate surface area is 113 Å². The van der Waals surface area contributed by atoms with E-state index in [2.05, 4.69) is 24.1 Å². The molecule has 0 aliphatic rings. The zero-order valence-corrected chi connectivity index (χ0v) is 11.3. The Bertz CT molecular complexity index is 532. The van der Waals surface area contributed by atoms with Crippen molar-refractivity contribution in [1.82, 2.24) is 4.98 Å². The van der Waals surface area contributed by atoms with Crippen LogP contribution in [0.1, 0.15) is 29.8 Å². The Hall–Kier alpha value is -2.16. The molecule has 19 heavy (non-hydrogen) atoms. The lowest BCUT2D eigenvalue weighted by Gasteiger charge is -2.07. The number of carbonyl (C=O) groups is 1. The number of nitrogens with one attached hydrogen (secondary N) is 1. The van der Waals surface area contributed by atoms with Gasteiger partial charge in [-0.1, -0.05) is 26.0 Å². The summed E-state index contributed by atoms with van der Waals surface area (Å²) in [7, 11) is 0. The molecule has 0 saturated heterocycles. The van der Waals surface area contributed by atoms with Crippen molar-refractivity contribution in [2.45, 2.75) is 20.3 Å². The molecule has 1 aromatic carbocycles. The van der Waals surface area contributed by atoms with Crippen LogP contribution in [0, 0.1) is 5.92 Å². The van der Waals surface area contributed by atoms with Crippen LogP contribution < -0.4 is 5.32 Å². The third-order valence-electron chi connectivity index (χ3n) is 2.78. The summed E-state index contributed by atoms with van der Waals surface area (Å²) in [4.78, 5) is 16.0. The van der Waals surface area contributed by atoms with E-state index in [4.69, 9.17) is 0 Å². The number of aromatic nitrogens is 1.